The monoisotopic (exact) mass is 260 g/mol. The Labute approximate surface area is 111 Å². The first-order chi connectivity index (χ1) is 8.94. The van der Waals surface area contributed by atoms with Gasteiger partial charge in [0, 0.05) is 24.2 Å². The van der Waals surface area contributed by atoms with Gasteiger partial charge in [0.1, 0.15) is 17.2 Å². The minimum absolute atomic E-state index is 0.435. The third kappa shape index (κ3) is 3.80. The summed E-state index contributed by atoms with van der Waals surface area (Å²) in [6, 6.07) is 3.51. The smallest absolute Gasteiger partial charge is 0.413 e. The first-order valence-corrected chi connectivity index (χ1v) is 5.90. The first-order valence-electron chi connectivity index (χ1n) is 5.90. The summed E-state index contributed by atoms with van der Waals surface area (Å²) in [5, 5.41) is 2.57. The molecule has 6 heteroatoms. The molecule has 1 amide bonds. The van der Waals surface area contributed by atoms with Crippen LogP contribution in [0.2, 0.25) is 0 Å². The number of ether oxygens (including phenoxy) is 1. The molecule has 0 atom stereocenters. The summed E-state index contributed by atoms with van der Waals surface area (Å²) in [6.07, 6.45) is 4.52. The molecular weight excluding hydrogens is 244 g/mol. The second-order valence-electron chi connectivity index (χ2n) is 5.00. The van der Waals surface area contributed by atoms with Crippen LogP contribution in [0.15, 0.2) is 30.7 Å². The minimum Gasteiger partial charge on any atom is -0.444 e. The van der Waals surface area contributed by atoms with E-state index in [2.05, 4.69) is 20.3 Å². The predicted octanol–water partition coefficient (Wildman–Crippen LogP) is 2.82. The van der Waals surface area contributed by atoms with Gasteiger partial charge in [0.2, 0.25) is 0 Å². The van der Waals surface area contributed by atoms with Gasteiger partial charge >= 0.3 is 6.09 Å². The van der Waals surface area contributed by atoms with Crippen LogP contribution >= 0.6 is 0 Å². The van der Waals surface area contributed by atoms with Gasteiger partial charge in [0.15, 0.2) is 0 Å². The molecule has 0 fully saturated rings. The van der Waals surface area contributed by atoms with Crippen molar-refractivity contribution in [1.82, 2.24) is 15.0 Å². The van der Waals surface area contributed by atoms with E-state index < -0.39 is 11.7 Å². The third-order valence-corrected chi connectivity index (χ3v) is 2.16. The summed E-state index contributed by atoms with van der Waals surface area (Å²) in [5.74, 6) is 1.17. The molecule has 2 rings (SSSR count). The first kappa shape index (κ1) is 13.1. The lowest BCUT2D eigenvalue weighted by Gasteiger charge is -2.19. The van der Waals surface area contributed by atoms with Crippen LogP contribution in [0.3, 0.4) is 0 Å². The molecule has 19 heavy (non-hydrogen) atoms. The lowest BCUT2D eigenvalue weighted by molar-refractivity contribution is 0.0635. The van der Waals surface area contributed by atoms with Crippen LogP contribution in [0, 0.1) is 0 Å². The van der Waals surface area contributed by atoms with Crippen LogP contribution in [0.5, 0.6) is 0 Å². The number of rotatable bonds is 2. The topological polar surface area (TPSA) is 79.9 Å². The average Bonchev–Trinajstić information content (AvgIpc) is 2.80. The van der Waals surface area contributed by atoms with Crippen LogP contribution in [-0.2, 0) is 4.74 Å². The molecule has 0 bridgehead atoms. The molecular formula is C13H16N4O2. The molecule has 6 nitrogen and oxygen atoms in total. The van der Waals surface area contributed by atoms with Crippen LogP contribution in [0.25, 0.3) is 11.4 Å². The Balaban J connectivity index is 2.01. The molecule has 2 N–H and O–H groups in total. The molecule has 0 saturated carbocycles. The van der Waals surface area contributed by atoms with Crippen LogP contribution in [0.1, 0.15) is 20.8 Å². The predicted molar refractivity (Wildman–Crippen MR) is 71.7 cm³/mol. The maximum atomic E-state index is 11.5. The van der Waals surface area contributed by atoms with E-state index >= 15 is 0 Å². The maximum Gasteiger partial charge on any atom is 0.413 e. The van der Waals surface area contributed by atoms with E-state index in [1.807, 2.05) is 6.07 Å². The lowest BCUT2D eigenvalue weighted by Crippen LogP contribution is -2.27. The fraction of sp³-hybridized carbons (Fsp3) is 0.308. The standard InChI is InChI=1S/C13H16N4O2/c1-13(2,3)19-12(18)17-10-5-4-9(8-16-10)11-14-6-7-15-11/h4-8H,1-3H3,(H,14,15)(H,16,17,18). The summed E-state index contributed by atoms with van der Waals surface area (Å²) < 4.78 is 5.14. The quantitative estimate of drug-likeness (QED) is 0.870. The highest BCUT2D eigenvalue weighted by Crippen LogP contribution is 2.15. The Kier molecular flexibility index (Phi) is 3.50. The van der Waals surface area contributed by atoms with E-state index in [9.17, 15) is 4.79 Å². The van der Waals surface area contributed by atoms with E-state index in [1.165, 1.54) is 0 Å². The highest BCUT2D eigenvalue weighted by atomic mass is 16.6. The SMILES string of the molecule is CC(C)(C)OC(=O)Nc1ccc(-c2ncc[nH]2)cn1. The molecule has 0 aliphatic heterocycles. The van der Waals surface area contributed by atoms with Gasteiger partial charge in [-0.3, -0.25) is 5.32 Å². The van der Waals surface area contributed by atoms with Crippen molar-refractivity contribution in [3.63, 3.8) is 0 Å². The number of carbonyl (C=O) groups excluding carboxylic acids is 1. The molecule has 0 spiro atoms. The number of aromatic amines is 1. The highest BCUT2D eigenvalue weighted by Gasteiger charge is 2.16. The molecule has 2 heterocycles. The van der Waals surface area contributed by atoms with E-state index in [0.717, 1.165) is 11.4 Å². The number of aromatic nitrogens is 3. The van der Waals surface area contributed by atoms with Crippen molar-refractivity contribution in [2.24, 2.45) is 0 Å². The van der Waals surface area contributed by atoms with Crippen LogP contribution < -0.4 is 5.32 Å². The Morgan fingerprint density at radius 1 is 1.32 bits per heavy atom. The number of carbonyl (C=O) groups is 1. The Morgan fingerprint density at radius 2 is 2.11 bits per heavy atom. The van der Waals surface area contributed by atoms with Gasteiger partial charge in [0.05, 0.1) is 0 Å². The Hall–Kier alpha value is -2.37. The zero-order valence-electron chi connectivity index (χ0n) is 11.1. The number of hydrogen-bond acceptors (Lipinski definition) is 4. The molecule has 0 aromatic carbocycles. The third-order valence-electron chi connectivity index (χ3n) is 2.16. The zero-order valence-corrected chi connectivity index (χ0v) is 11.1. The number of H-pyrrole nitrogens is 1. The van der Waals surface area contributed by atoms with Gasteiger partial charge in [-0.25, -0.2) is 14.8 Å². The van der Waals surface area contributed by atoms with E-state index in [0.29, 0.717) is 5.82 Å². The van der Waals surface area contributed by atoms with E-state index in [1.54, 1.807) is 45.4 Å². The van der Waals surface area contributed by atoms with Gasteiger partial charge in [0.25, 0.3) is 0 Å². The fourth-order valence-electron chi connectivity index (χ4n) is 1.44. The molecule has 0 radical (unpaired) electrons. The second-order valence-corrected chi connectivity index (χ2v) is 5.00. The minimum atomic E-state index is -0.530. The Morgan fingerprint density at radius 3 is 2.63 bits per heavy atom. The molecule has 2 aromatic heterocycles. The van der Waals surface area contributed by atoms with E-state index in [4.69, 9.17) is 4.74 Å². The second kappa shape index (κ2) is 5.09. The zero-order chi connectivity index (χ0) is 13.9. The van der Waals surface area contributed by atoms with Crippen molar-refractivity contribution in [1.29, 1.82) is 0 Å². The van der Waals surface area contributed by atoms with Crippen molar-refractivity contribution in [3.8, 4) is 11.4 Å². The van der Waals surface area contributed by atoms with Crippen molar-refractivity contribution in [2.45, 2.75) is 26.4 Å². The van der Waals surface area contributed by atoms with Crippen molar-refractivity contribution < 1.29 is 9.53 Å². The maximum absolute atomic E-state index is 11.5. The van der Waals surface area contributed by atoms with Gasteiger partial charge in [-0.05, 0) is 32.9 Å². The fourth-order valence-corrected chi connectivity index (χ4v) is 1.44. The number of nitrogens with one attached hydrogen (secondary N) is 2. The summed E-state index contributed by atoms with van der Waals surface area (Å²) in [5.41, 5.74) is 0.317. The summed E-state index contributed by atoms with van der Waals surface area (Å²) >= 11 is 0. The van der Waals surface area contributed by atoms with Crippen LogP contribution in [0.4, 0.5) is 10.6 Å². The summed E-state index contributed by atoms with van der Waals surface area (Å²) in [6.45, 7) is 5.42. The van der Waals surface area contributed by atoms with E-state index in [-0.39, 0.29) is 0 Å². The number of amides is 1. The van der Waals surface area contributed by atoms with Crippen LogP contribution in [-0.4, -0.2) is 26.6 Å². The van der Waals surface area contributed by atoms with Crippen molar-refractivity contribution in [2.75, 3.05) is 5.32 Å². The molecule has 0 saturated heterocycles. The van der Waals surface area contributed by atoms with Gasteiger partial charge in [-0.2, -0.15) is 0 Å². The average molecular weight is 260 g/mol. The molecule has 0 aliphatic carbocycles. The van der Waals surface area contributed by atoms with Gasteiger partial charge in [-0.1, -0.05) is 0 Å². The van der Waals surface area contributed by atoms with Crippen molar-refractivity contribution >= 4 is 11.9 Å². The largest absolute Gasteiger partial charge is 0.444 e. The Bertz CT molecular complexity index is 541. The number of pyridine rings is 1. The molecule has 2 aromatic rings. The molecule has 0 aliphatic rings. The number of hydrogen-bond donors (Lipinski definition) is 2. The van der Waals surface area contributed by atoms with Gasteiger partial charge < -0.3 is 9.72 Å². The van der Waals surface area contributed by atoms with Crippen molar-refractivity contribution in [3.05, 3.63) is 30.7 Å². The molecule has 100 valence electrons. The lowest BCUT2D eigenvalue weighted by atomic mass is 10.2. The number of anilines is 1. The molecule has 0 unspecified atom stereocenters. The normalized spacial score (nSPS) is 11.1. The summed E-state index contributed by atoms with van der Waals surface area (Å²) in [7, 11) is 0. The number of nitrogens with zero attached hydrogens (tertiary/aromatic N) is 2. The van der Waals surface area contributed by atoms with Gasteiger partial charge in [-0.15, -0.1) is 0 Å². The highest BCUT2D eigenvalue weighted by molar-refractivity contribution is 5.83. The number of imidazole rings is 1. The summed E-state index contributed by atoms with van der Waals surface area (Å²) in [4.78, 5) is 22.8.